The van der Waals surface area contributed by atoms with Gasteiger partial charge in [0.15, 0.2) is 0 Å². The zero-order chi connectivity index (χ0) is 14.8. The normalized spacial score (nSPS) is 20.8. The fourth-order valence-corrected chi connectivity index (χ4v) is 3.58. The zero-order valence-corrected chi connectivity index (χ0v) is 12.8. The average Bonchev–Trinajstić information content (AvgIpc) is 2.95. The highest BCUT2D eigenvalue weighted by atomic mass is 16.1. The van der Waals surface area contributed by atoms with Gasteiger partial charge in [0.1, 0.15) is 0 Å². The molecule has 0 radical (unpaired) electrons. The third kappa shape index (κ3) is 3.21. The molecule has 0 bridgehead atoms. The van der Waals surface area contributed by atoms with Crippen molar-refractivity contribution in [3.8, 4) is 0 Å². The lowest BCUT2D eigenvalue weighted by atomic mass is 9.94. The van der Waals surface area contributed by atoms with Gasteiger partial charge in [-0.1, -0.05) is 12.1 Å². The van der Waals surface area contributed by atoms with Gasteiger partial charge < -0.3 is 16.0 Å². The van der Waals surface area contributed by atoms with Gasteiger partial charge in [0, 0.05) is 24.2 Å². The second-order valence-corrected chi connectivity index (χ2v) is 6.43. The minimum absolute atomic E-state index is 0.0829. The summed E-state index contributed by atoms with van der Waals surface area (Å²) in [6.07, 6.45) is 4.04. The second kappa shape index (κ2) is 6.06. The smallest absolute Gasteiger partial charge is 0.220 e. The molecule has 21 heavy (non-hydrogen) atoms. The van der Waals surface area contributed by atoms with Crippen LogP contribution in [0.2, 0.25) is 0 Å². The Morgan fingerprint density at radius 1 is 1.43 bits per heavy atom. The molecule has 114 valence electrons. The molecule has 1 amide bonds. The summed E-state index contributed by atoms with van der Waals surface area (Å²) in [5, 5.41) is 3.41. The van der Waals surface area contributed by atoms with E-state index in [1.54, 1.807) is 0 Å². The number of amides is 1. The Hall–Kier alpha value is -1.55. The largest absolute Gasteiger partial charge is 0.384 e. The first-order valence-electron chi connectivity index (χ1n) is 8.02. The summed E-state index contributed by atoms with van der Waals surface area (Å²) in [5.41, 5.74) is 9.57. The number of rotatable bonds is 4. The molecular formula is C17H25N3O. The molecule has 0 saturated carbocycles. The number of benzene rings is 1. The molecule has 1 fully saturated rings. The summed E-state index contributed by atoms with van der Waals surface area (Å²) in [5.74, 6) is -0.0482. The summed E-state index contributed by atoms with van der Waals surface area (Å²) < 4.78 is 0. The number of carbonyl (C=O) groups is 1. The lowest BCUT2D eigenvalue weighted by Crippen LogP contribution is -2.43. The highest BCUT2D eigenvalue weighted by molar-refractivity contribution is 5.76. The van der Waals surface area contributed by atoms with Gasteiger partial charge in [0.25, 0.3) is 0 Å². The number of anilines is 1. The highest BCUT2D eigenvalue weighted by Gasteiger charge is 2.25. The molecule has 3 N–H and O–H groups in total. The van der Waals surface area contributed by atoms with Crippen molar-refractivity contribution in [2.24, 2.45) is 11.7 Å². The molecule has 2 aliphatic heterocycles. The summed E-state index contributed by atoms with van der Waals surface area (Å²) in [7, 11) is 0. The molecule has 2 aliphatic rings. The Labute approximate surface area is 126 Å². The number of fused-ring (bicyclic) bond motifs is 1. The van der Waals surface area contributed by atoms with Crippen LogP contribution in [0.5, 0.6) is 0 Å². The molecular weight excluding hydrogens is 262 g/mol. The average molecular weight is 287 g/mol. The Morgan fingerprint density at radius 2 is 2.19 bits per heavy atom. The van der Waals surface area contributed by atoms with Gasteiger partial charge in [0.2, 0.25) is 5.91 Å². The van der Waals surface area contributed by atoms with E-state index in [1.165, 1.54) is 16.8 Å². The van der Waals surface area contributed by atoms with Crippen LogP contribution in [0.4, 0.5) is 5.69 Å². The fraction of sp³-hybridized carbons (Fsp3) is 0.588. The van der Waals surface area contributed by atoms with Crippen LogP contribution in [0.3, 0.4) is 0 Å². The SMILES string of the molecule is CC(Cc1ccc2c(c1)CCN2)N1CCC(C(N)=O)CC1. The Kier molecular flexibility index (Phi) is 4.15. The van der Waals surface area contributed by atoms with E-state index >= 15 is 0 Å². The molecule has 1 atom stereocenters. The van der Waals surface area contributed by atoms with Crippen molar-refractivity contribution >= 4 is 11.6 Å². The van der Waals surface area contributed by atoms with Crippen molar-refractivity contribution in [1.82, 2.24) is 4.90 Å². The minimum atomic E-state index is -0.131. The van der Waals surface area contributed by atoms with Gasteiger partial charge in [-0.3, -0.25) is 4.79 Å². The quantitative estimate of drug-likeness (QED) is 0.887. The van der Waals surface area contributed by atoms with Crippen LogP contribution >= 0.6 is 0 Å². The first kappa shape index (κ1) is 14.4. The van der Waals surface area contributed by atoms with Gasteiger partial charge in [-0.2, -0.15) is 0 Å². The monoisotopic (exact) mass is 287 g/mol. The lowest BCUT2D eigenvalue weighted by Gasteiger charge is -2.35. The number of carbonyl (C=O) groups excluding carboxylic acids is 1. The van der Waals surface area contributed by atoms with Gasteiger partial charge in [0.05, 0.1) is 0 Å². The van der Waals surface area contributed by atoms with Crippen molar-refractivity contribution in [3.63, 3.8) is 0 Å². The van der Waals surface area contributed by atoms with Crippen molar-refractivity contribution in [2.45, 2.75) is 38.6 Å². The number of primary amides is 1. The molecule has 0 spiro atoms. The summed E-state index contributed by atoms with van der Waals surface area (Å²) in [6, 6.07) is 7.32. The van der Waals surface area contributed by atoms with E-state index in [0.717, 1.165) is 45.3 Å². The number of nitrogens with one attached hydrogen (secondary N) is 1. The predicted molar refractivity (Wildman–Crippen MR) is 85.3 cm³/mol. The molecule has 4 nitrogen and oxygen atoms in total. The number of hydrogen-bond donors (Lipinski definition) is 2. The number of hydrogen-bond acceptors (Lipinski definition) is 3. The molecule has 0 aliphatic carbocycles. The Morgan fingerprint density at radius 3 is 2.90 bits per heavy atom. The second-order valence-electron chi connectivity index (χ2n) is 6.43. The van der Waals surface area contributed by atoms with Gasteiger partial charge in [-0.15, -0.1) is 0 Å². The van der Waals surface area contributed by atoms with Crippen LogP contribution in [-0.2, 0) is 17.6 Å². The standard InChI is InChI=1S/C17H25N3O/c1-12(20-8-5-14(6-9-20)17(18)21)10-13-2-3-16-15(11-13)4-7-19-16/h2-3,11-12,14,19H,4-10H2,1H3,(H2,18,21). The Bertz CT molecular complexity index is 521. The number of piperidine rings is 1. The maximum absolute atomic E-state index is 11.2. The molecule has 1 unspecified atom stereocenters. The van der Waals surface area contributed by atoms with E-state index in [9.17, 15) is 4.79 Å². The molecule has 1 aromatic carbocycles. The lowest BCUT2D eigenvalue weighted by molar-refractivity contribution is -0.123. The van der Waals surface area contributed by atoms with Crippen molar-refractivity contribution in [1.29, 1.82) is 0 Å². The number of likely N-dealkylation sites (tertiary alicyclic amines) is 1. The van der Waals surface area contributed by atoms with Gasteiger partial charge in [-0.25, -0.2) is 0 Å². The van der Waals surface area contributed by atoms with Gasteiger partial charge in [-0.05, 0) is 62.9 Å². The van der Waals surface area contributed by atoms with Gasteiger partial charge >= 0.3 is 0 Å². The Balaban J connectivity index is 1.57. The minimum Gasteiger partial charge on any atom is -0.384 e. The molecule has 1 aromatic rings. The summed E-state index contributed by atoms with van der Waals surface area (Å²) >= 11 is 0. The third-order valence-electron chi connectivity index (χ3n) is 4.97. The number of nitrogens with two attached hydrogens (primary N) is 1. The first-order valence-corrected chi connectivity index (χ1v) is 8.02. The maximum Gasteiger partial charge on any atom is 0.220 e. The van der Waals surface area contributed by atoms with E-state index < -0.39 is 0 Å². The number of nitrogens with zero attached hydrogens (tertiary/aromatic N) is 1. The molecule has 3 rings (SSSR count). The van der Waals surface area contributed by atoms with Crippen molar-refractivity contribution in [3.05, 3.63) is 29.3 Å². The van der Waals surface area contributed by atoms with Crippen molar-refractivity contribution in [2.75, 3.05) is 25.0 Å². The zero-order valence-electron chi connectivity index (χ0n) is 12.8. The third-order valence-corrected chi connectivity index (χ3v) is 4.97. The molecule has 2 heterocycles. The van der Waals surface area contributed by atoms with Crippen LogP contribution in [0.15, 0.2) is 18.2 Å². The van der Waals surface area contributed by atoms with Crippen LogP contribution in [0.1, 0.15) is 30.9 Å². The molecule has 0 aromatic heterocycles. The van der Waals surface area contributed by atoms with E-state index in [0.29, 0.717) is 6.04 Å². The summed E-state index contributed by atoms with van der Waals surface area (Å²) in [6.45, 7) is 5.33. The first-order chi connectivity index (χ1) is 10.1. The molecule has 4 heteroatoms. The topological polar surface area (TPSA) is 58.4 Å². The van der Waals surface area contributed by atoms with E-state index in [1.807, 2.05) is 0 Å². The van der Waals surface area contributed by atoms with Crippen LogP contribution in [0.25, 0.3) is 0 Å². The van der Waals surface area contributed by atoms with Crippen LogP contribution in [-0.4, -0.2) is 36.5 Å². The van der Waals surface area contributed by atoms with Crippen LogP contribution < -0.4 is 11.1 Å². The van der Waals surface area contributed by atoms with Crippen LogP contribution in [0, 0.1) is 5.92 Å². The van der Waals surface area contributed by atoms with E-state index in [4.69, 9.17) is 5.73 Å². The highest BCUT2D eigenvalue weighted by Crippen LogP contribution is 2.25. The van der Waals surface area contributed by atoms with E-state index in [2.05, 4.69) is 35.3 Å². The summed E-state index contributed by atoms with van der Waals surface area (Å²) in [4.78, 5) is 13.7. The fourth-order valence-electron chi connectivity index (χ4n) is 3.58. The van der Waals surface area contributed by atoms with Crippen molar-refractivity contribution < 1.29 is 4.79 Å². The maximum atomic E-state index is 11.2. The predicted octanol–water partition coefficient (Wildman–Crippen LogP) is 1.78. The van der Waals surface area contributed by atoms with E-state index in [-0.39, 0.29) is 11.8 Å². The molecule has 1 saturated heterocycles.